The molecule has 2 nitrogen and oxygen atoms in total. The summed E-state index contributed by atoms with van der Waals surface area (Å²) in [7, 11) is 0. The standard InChI is InChI=1S/C46H34N2/c1-4-12-35(13-5-1)37-20-27-43(28-21-37)47(41-16-6-2-7-17-41)44-29-22-38(23-30-44)39-24-31-45(32-25-39)48(42-18-8-3-9-19-42)46-33-26-36-14-10-11-15-40(36)34-46/h1-34H. The highest BCUT2D eigenvalue weighted by Crippen LogP contribution is 2.39. The minimum absolute atomic E-state index is 1.11. The Morgan fingerprint density at radius 1 is 0.208 bits per heavy atom. The molecule has 0 N–H and O–H groups in total. The van der Waals surface area contributed by atoms with Gasteiger partial charge in [-0.05, 0) is 106 Å². The molecule has 8 aromatic rings. The molecule has 0 unspecified atom stereocenters. The molecule has 0 bridgehead atoms. The molecule has 0 aliphatic rings. The predicted molar refractivity (Wildman–Crippen MR) is 204 cm³/mol. The number of nitrogens with zero attached hydrogens (tertiary/aromatic N) is 2. The van der Waals surface area contributed by atoms with Gasteiger partial charge in [0.25, 0.3) is 0 Å². The Morgan fingerprint density at radius 3 is 0.979 bits per heavy atom. The molecule has 0 saturated carbocycles. The van der Waals surface area contributed by atoms with E-state index in [-0.39, 0.29) is 0 Å². The summed E-state index contributed by atoms with van der Waals surface area (Å²) < 4.78 is 0. The van der Waals surface area contributed by atoms with Crippen molar-refractivity contribution in [3.63, 3.8) is 0 Å². The van der Waals surface area contributed by atoms with E-state index in [4.69, 9.17) is 0 Å². The first-order valence-electron chi connectivity index (χ1n) is 16.4. The SMILES string of the molecule is c1ccc(-c2ccc(N(c3ccccc3)c3ccc(-c4ccc(N(c5ccccc5)c5ccc6ccccc6c5)cc4)cc3)cc2)cc1. The first-order chi connectivity index (χ1) is 23.8. The van der Waals surface area contributed by atoms with Gasteiger partial charge in [-0.2, -0.15) is 0 Å². The van der Waals surface area contributed by atoms with Crippen LogP contribution in [0.15, 0.2) is 206 Å². The van der Waals surface area contributed by atoms with E-state index < -0.39 is 0 Å². The van der Waals surface area contributed by atoms with E-state index in [1.54, 1.807) is 0 Å². The fraction of sp³-hybridized carbons (Fsp3) is 0. The third kappa shape index (κ3) is 5.95. The average molecular weight is 615 g/mol. The van der Waals surface area contributed by atoms with Gasteiger partial charge in [0.15, 0.2) is 0 Å². The van der Waals surface area contributed by atoms with Crippen molar-refractivity contribution in [3.05, 3.63) is 206 Å². The summed E-state index contributed by atoms with van der Waals surface area (Å²) >= 11 is 0. The van der Waals surface area contributed by atoms with Gasteiger partial charge in [-0.25, -0.2) is 0 Å². The Hall–Kier alpha value is -6.38. The van der Waals surface area contributed by atoms with E-state index in [2.05, 4.69) is 216 Å². The number of anilines is 6. The van der Waals surface area contributed by atoms with Crippen LogP contribution in [0.5, 0.6) is 0 Å². The Labute approximate surface area is 282 Å². The van der Waals surface area contributed by atoms with Crippen LogP contribution in [-0.4, -0.2) is 0 Å². The first-order valence-corrected chi connectivity index (χ1v) is 16.4. The van der Waals surface area contributed by atoms with Gasteiger partial charge in [-0.1, -0.05) is 133 Å². The van der Waals surface area contributed by atoms with Crippen molar-refractivity contribution in [2.75, 3.05) is 9.80 Å². The third-order valence-electron chi connectivity index (χ3n) is 8.84. The monoisotopic (exact) mass is 614 g/mol. The van der Waals surface area contributed by atoms with Gasteiger partial charge in [0.05, 0.1) is 0 Å². The van der Waals surface area contributed by atoms with Crippen molar-refractivity contribution in [2.24, 2.45) is 0 Å². The average Bonchev–Trinajstić information content (AvgIpc) is 3.17. The van der Waals surface area contributed by atoms with Crippen LogP contribution in [0.3, 0.4) is 0 Å². The van der Waals surface area contributed by atoms with Crippen molar-refractivity contribution in [1.82, 2.24) is 0 Å². The molecule has 0 atom stereocenters. The zero-order chi connectivity index (χ0) is 32.1. The molecule has 0 aromatic heterocycles. The van der Waals surface area contributed by atoms with Gasteiger partial charge in [0, 0.05) is 34.1 Å². The highest BCUT2D eigenvalue weighted by molar-refractivity contribution is 5.89. The molecule has 0 spiro atoms. The second kappa shape index (κ2) is 13.2. The second-order valence-corrected chi connectivity index (χ2v) is 11.9. The van der Waals surface area contributed by atoms with E-state index in [9.17, 15) is 0 Å². The lowest BCUT2D eigenvalue weighted by Gasteiger charge is -2.26. The molecule has 0 heterocycles. The lowest BCUT2D eigenvalue weighted by Crippen LogP contribution is -2.10. The van der Waals surface area contributed by atoms with Crippen molar-refractivity contribution in [3.8, 4) is 22.3 Å². The fourth-order valence-corrected chi connectivity index (χ4v) is 6.40. The molecule has 2 heteroatoms. The minimum Gasteiger partial charge on any atom is -0.311 e. The van der Waals surface area contributed by atoms with Crippen molar-refractivity contribution >= 4 is 44.9 Å². The molecule has 0 fully saturated rings. The number of hydrogen-bond acceptors (Lipinski definition) is 2. The molecule has 0 aliphatic heterocycles. The molecule has 228 valence electrons. The molecular formula is C46H34N2. The topological polar surface area (TPSA) is 6.48 Å². The Kier molecular flexibility index (Phi) is 7.96. The minimum atomic E-state index is 1.11. The quantitative estimate of drug-likeness (QED) is 0.168. The predicted octanol–water partition coefficient (Wildman–Crippen LogP) is 13.1. The zero-order valence-corrected chi connectivity index (χ0v) is 26.5. The van der Waals surface area contributed by atoms with E-state index in [0.29, 0.717) is 0 Å². The number of benzene rings is 8. The van der Waals surface area contributed by atoms with E-state index in [0.717, 1.165) is 34.1 Å². The maximum atomic E-state index is 2.32. The van der Waals surface area contributed by atoms with Gasteiger partial charge < -0.3 is 9.80 Å². The Bertz CT molecular complexity index is 2240. The normalized spacial score (nSPS) is 10.9. The summed E-state index contributed by atoms with van der Waals surface area (Å²) in [4.78, 5) is 4.63. The van der Waals surface area contributed by atoms with Crippen molar-refractivity contribution in [1.29, 1.82) is 0 Å². The summed E-state index contributed by atoms with van der Waals surface area (Å²) in [6.45, 7) is 0. The molecule has 0 amide bonds. The Morgan fingerprint density at radius 2 is 0.521 bits per heavy atom. The van der Waals surface area contributed by atoms with Crippen molar-refractivity contribution < 1.29 is 0 Å². The number of rotatable bonds is 8. The van der Waals surface area contributed by atoms with Crippen LogP contribution in [0, 0.1) is 0 Å². The van der Waals surface area contributed by atoms with Crippen LogP contribution < -0.4 is 9.80 Å². The van der Waals surface area contributed by atoms with Gasteiger partial charge >= 0.3 is 0 Å². The van der Waals surface area contributed by atoms with Crippen LogP contribution >= 0.6 is 0 Å². The lowest BCUT2D eigenvalue weighted by atomic mass is 10.0. The van der Waals surface area contributed by atoms with Gasteiger partial charge in [0.2, 0.25) is 0 Å². The zero-order valence-electron chi connectivity index (χ0n) is 26.5. The van der Waals surface area contributed by atoms with Crippen LogP contribution in [0.2, 0.25) is 0 Å². The summed E-state index contributed by atoms with van der Waals surface area (Å²) in [5.74, 6) is 0. The summed E-state index contributed by atoms with van der Waals surface area (Å²) in [6, 6.07) is 73.4. The molecule has 48 heavy (non-hydrogen) atoms. The maximum Gasteiger partial charge on any atom is 0.0468 e. The largest absolute Gasteiger partial charge is 0.311 e. The van der Waals surface area contributed by atoms with Gasteiger partial charge in [0.1, 0.15) is 0 Å². The molecule has 8 aromatic carbocycles. The second-order valence-electron chi connectivity index (χ2n) is 11.9. The first kappa shape index (κ1) is 29.1. The maximum absolute atomic E-state index is 2.32. The summed E-state index contributed by atoms with van der Waals surface area (Å²) in [5, 5.41) is 2.47. The Balaban J connectivity index is 1.10. The summed E-state index contributed by atoms with van der Waals surface area (Å²) in [5.41, 5.74) is 11.5. The number of fused-ring (bicyclic) bond motifs is 1. The van der Waals surface area contributed by atoms with E-state index >= 15 is 0 Å². The number of hydrogen-bond donors (Lipinski definition) is 0. The fourth-order valence-electron chi connectivity index (χ4n) is 6.40. The van der Waals surface area contributed by atoms with E-state index in [1.165, 1.54) is 33.0 Å². The third-order valence-corrected chi connectivity index (χ3v) is 8.84. The van der Waals surface area contributed by atoms with E-state index in [1.807, 2.05) is 0 Å². The van der Waals surface area contributed by atoms with Gasteiger partial charge in [-0.3, -0.25) is 0 Å². The molecule has 8 rings (SSSR count). The molecular weight excluding hydrogens is 581 g/mol. The smallest absolute Gasteiger partial charge is 0.0468 e. The summed E-state index contributed by atoms with van der Waals surface area (Å²) in [6.07, 6.45) is 0. The highest BCUT2D eigenvalue weighted by atomic mass is 15.1. The van der Waals surface area contributed by atoms with Gasteiger partial charge in [-0.15, -0.1) is 0 Å². The number of para-hydroxylation sites is 2. The van der Waals surface area contributed by atoms with Crippen molar-refractivity contribution in [2.45, 2.75) is 0 Å². The molecule has 0 saturated heterocycles. The van der Waals surface area contributed by atoms with Crippen LogP contribution in [-0.2, 0) is 0 Å². The lowest BCUT2D eigenvalue weighted by molar-refractivity contribution is 1.28. The molecule has 0 aliphatic carbocycles. The van der Waals surface area contributed by atoms with Crippen LogP contribution in [0.4, 0.5) is 34.1 Å². The highest BCUT2D eigenvalue weighted by Gasteiger charge is 2.15. The van der Waals surface area contributed by atoms with Crippen LogP contribution in [0.25, 0.3) is 33.0 Å². The van der Waals surface area contributed by atoms with Crippen LogP contribution in [0.1, 0.15) is 0 Å². The molecule has 0 radical (unpaired) electrons.